The summed E-state index contributed by atoms with van der Waals surface area (Å²) in [7, 11) is 0. The lowest BCUT2D eigenvalue weighted by Crippen LogP contribution is -2.67. The monoisotopic (exact) mass is 388 g/mol. The minimum atomic E-state index is -1.58. The average molecular weight is 389 g/mol. The molecule has 1 N–H and O–H groups in total. The maximum absolute atomic E-state index is 17.1. The highest BCUT2D eigenvalue weighted by molar-refractivity contribution is 5.51. The predicted molar refractivity (Wildman–Crippen MR) is 105 cm³/mol. The molecule has 0 aromatic heterocycles. The molecule has 154 valence electrons. The molecule has 0 unspecified atom stereocenters. The largest absolute Gasteiger partial charge is 0.490 e. The molecule has 0 radical (unpaired) electrons. The van der Waals surface area contributed by atoms with Crippen molar-refractivity contribution in [2.45, 2.75) is 83.4 Å². The molecule has 0 aromatic carbocycles. The molecule has 3 fully saturated rings. The van der Waals surface area contributed by atoms with Crippen molar-refractivity contribution in [2.24, 2.45) is 28.1 Å². The van der Waals surface area contributed by atoms with E-state index >= 15 is 4.39 Å². The van der Waals surface area contributed by atoms with E-state index in [0.717, 1.165) is 24.0 Å². The second kappa shape index (κ2) is 5.93. The van der Waals surface area contributed by atoms with Crippen LogP contribution in [0.3, 0.4) is 0 Å². The summed E-state index contributed by atoms with van der Waals surface area (Å²) in [5, 5.41) is 11.3. The van der Waals surface area contributed by atoms with Gasteiger partial charge in [-0.3, -0.25) is 4.79 Å². The topological polar surface area (TPSA) is 46.5 Å². The first kappa shape index (κ1) is 18.8. The zero-order valence-electron chi connectivity index (χ0n) is 17.2. The Labute approximate surface area is 167 Å². The number of rotatable bonds is 3. The Hall–Kier alpha value is -1.16. The van der Waals surface area contributed by atoms with E-state index in [-0.39, 0.29) is 17.9 Å². The fourth-order valence-corrected chi connectivity index (χ4v) is 8.20. The van der Waals surface area contributed by atoms with Crippen molar-refractivity contribution in [1.82, 2.24) is 0 Å². The fraction of sp³-hybridized carbons (Fsp3) is 0.792. The van der Waals surface area contributed by atoms with Crippen LogP contribution < -0.4 is 0 Å². The van der Waals surface area contributed by atoms with E-state index in [1.807, 2.05) is 13.0 Å². The Balaban J connectivity index is 1.53. The number of aliphatic hydroxyl groups is 1. The van der Waals surface area contributed by atoms with E-state index in [4.69, 9.17) is 4.74 Å². The van der Waals surface area contributed by atoms with Crippen LogP contribution in [-0.2, 0) is 9.53 Å². The van der Waals surface area contributed by atoms with E-state index in [1.165, 1.54) is 25.7 Å². The lowest BCUT2D eigenvalue weighted by atomic mass is 9.42. The molecule has 5 aliphatic rings. The molecule has 0 aliphatic heterocycles. The second-order valence-electron chi connectivity index (χ2n) is 10.6. The third-order valence-corrected chi connectivity index (χ3v) is 10.0. The van der Waals surface area contributed by atoms with Crippen molar-refractivity contribution in [2.75, 3.05) is 6.61 Å². The van der Waals surface area contributed by atoms with Gasteiger partial charge in [0.2, 0.25) is 0 Å². The predicted octanol–water partition coefficient (Wildman–Crippen LogP) is 4.89. The minimum absolute atomic E-state index is 0.0460. The summed E-state index contributed by atoms with van der Waals surface area (Å²) >= 11 is 0. The molecule has 0 amide bonds. The summed E-state index contributed by atoms with van der Waals surface area (Å²) in [6.45, 7) is 4.42. The SMILES string of the molecule is C[C@]12C[C@H](O)[C@@]3(F)[C@@H](CC=C4C=C(OCC=O)CC[C@@]43C)[C@@H]1CCC21CCC1. The normalized spacial score (nSPS) is 48.5. The van der Waals surface area contributed by atoms with Crippen LogP contribution in [0.4, 0.5) is 4.39 Å². The van der Waals surface area contributed by atoms with Gasteiger partial charge in [0.05, 0.1) is 11.9 Å². The first-order chi connectivity index (χ1) is 13.3. The molecular weight excluding hydrogens is 355 g/mol. The number of alkyl halides is 1. The number of hydrogen-bond donors (Lipinski definition) is 1. The number of ether oxygens (including phenoxy) is 1. The number of carbonyl (C=O) groups excluding carboxylic acids is 1. The quantitative estimate of drug-likeness (QED) is 0.700. The molecule has 5 rings (SSSR count). The maximum Gasteiger partial charge on any atom is 0.157 e. The highest BCUT2D eigenvalue weighted by Crippen LogP contribution is 2.75. The van der Waals surface area contributed by atoms with E-state index in [0.29, 0.717) is 37.0 Å². The number of fused-ring (bicyclic) bond motifs is 6. The molecule has 0 bridgehead atoms. The number of allylic oxidation sites excluding steroid dienone is 4. The molecule has 3 nitrogen and oxygen atoms in total. The van der Waals surface area contributed by atoms with Gasteiger partial charge in [-0.25, -0.2) is 4.39 Å². The molecule has 6 atom stereocenters. The average Bonchev–Trinajstić information content (AvgIpc) is 2.94. The first-order valence-corrected chi connectivity index (χ1v) is 11.2. The van der Waals surface area contributed by atoms with Crippen molar-refractivity contribution in [3.05, 3.63) is 23.5 Å². The molecule has 3 saturated carbocycles. The van der Waals surface area contributed by atoms with Crippen LogP contribution in [0.15, 0.2) is 23.5 Å². The maximum atomic E-state index is 17.1. The van der Waals surface area contributed by atoms with Gasteiger partial charge in [0.15, 0.2) is 6.29 Å². The van der Waals surface area contributed by atoms with Crippen LogP contribution in [0.1, 0.15) is 71.6 Å². The molecule has 5 aliphatic carbocycles. The van der Waals surface area contributed by atoms with Gasteiger partial charge in [-0.2, -0.15) is 0 Å². The van der Waals surface area contributed by atoms with Crippen LogP contribution in [0.5, 0.6) is 0 Å². The summed E-state index contributed by atoms with van der Waals surface area (Å²) in [6.07, 6.45) is 12.7. The fourth-order valence-electron chi connectivity index (χ4n) is 8.20. The zero-order chi connectivity index (χ0) is 19.8. The number of carbonyl (C=O) groups is 1. The molecular formula is C24H33FO3. The molecule has 0 aromatic rings. The number of aldehydes is 1. The highest BCUT2D eigenvalue weighted by Gasteiger charge is 2.73. The number of aliphatic hydroxyl groups excluding tert-OH is 1. The van der Waals surface area contributed by atoms with Crippen LogP contribution in [0.25, 0.3) is 0 Å². The summed E-state index contributed by atoms with van der Waals surface area (Å²) in [5.41, 5.74) is -0.872. The highest BCUT2D eigenvalue weighted by atomic mass is 19.1. The van der Waals surface area contributed by atoms with Gasteiger partial charge in [0, 0.05) is 17.8 Å². The third-order valence-electron chi connectivity index (χ3n) is 10.0. The molecule has 0 heterocycles. The number of hydrogen-bond acceptors (Lipinski definition) is 3. The van der Waals surface area contributed by atoms with Crippen molar-refractivity contribution in [3.8, 4) is 0 Å². The Morgan fingerprint density at radius 3 is 2.71 bits per heavy atom. The zero-order valence-corrected chi connectivity index (χ0v) is 17.2. The summed E-state index contributed by atoms with van der Waals surface area (Å²) in [4.78, 5) is 10.6. The Morgan fingerprint density at radius 1 is 1.25 bits per heavy atom. The van der Waals surface area contributed by atoms with E-state index < -0.39 is 17.2 Å². The minimum Gasteiger partial charge on any atom is -0.490 e. The van der Waals surface area contributed by atoms with Crippen LogP contribution in [0, 0.1) is 28.1 Å². The van der Waals surface area contributed by atoms with E-state index in [2.05, 4.69) is 13.0 Å². The lowest BCUT2D eigenvalue weighted by molar-refractivity contribution is -0.217. The summed E-state index contributed by atoms with van der Waals surface area (Å²) < 4.78 is 22.6. The molecule has 0 saturated heterocycles. The van der Waals surface area contributed by atoms with Gasteiger partial charge < -0.3 is 9.84 Å². The van der Waals surface area contributed by atoms with Crippen LogP contribution >= 0.6 is 0 Å². The van der Waals surface area contributed by atoms with Gasteiger partial charge in [0.25, 0.3) is 0 Å². The van der Waals surface area contributed by atoms with E-state index in [1.54, 1.807) is 0 Å². The van der Waals surface area contributed by atoms with Gasteiger partial charge in [0.1, 0.15) is 12.3 Å². The van der Waals surface area contributed by atoms with E-state index in [9.17, 15) is 9.90 Å². The van der Waals surface area contributed by atoms with Crippen LogP contribution in [0.2, 0.25) is 0 Å². The Kier molecular flexibility index (Phi) is 3.99. The molecule has 4 heteroatoms. The van der Waals surface area contributed by atoms with Crippen molar-refractivity contribution < 1.29 is 19.0 Å². The summed E-state index contributed by atoms with van der Waals surface area (Å²) in [5.74, 6) is 1.04. The molecule has 1 spiro atoms. The number of halogens is 1. The second-order valence-corrected chi connectivity index (χ2v) is 10.6. The lowest BCUT2D eigenvalue weighted by Gasteiger charge is -2.65. The smallest absolute Gasteiger partial charge is 0.157 e. The van der Waals surface area contributed by atoms with Crippen molar-refractivity contribution in [1.29, 1.82) is 0 Å². The van der Waals surface area contributed by atoms with Crippen molar-refractivity contribution >= 4 is 6.29 Å². The Morgan fingerprint density at radius 2 is 2.04 bits per heavy atom. The van der Waals surface area contributed by atoms with Gasteiger partial charge >= 0.3 is 0 Å². The van der Waals surface area contributed by atoms with Gasteiger partial charge in [-0.1, -0.05) is 26.3 Å². The first-order valence-electron chi connectivity index (χ1n) is 11.2. The van der Waals surface area contributed by atoms with Gasteiger partial charge in [-0.05, 0) is 73.3 Å². The standard InChI is InChI=1S/C24H33FO3/c1-21-10-6-17(28-13-12-26)14-16(21)4-5-19-18-7-11-23(8-3-9-23)22(18,2)15-20(27)24(19,21)25/h4,12,14,18-20,27H,3,5-11,13,15H2,1-2H3/t18-,19-,20-,21-,22-,24-/m0/s1. The molecule has 28 heavy (non-hydrogen) atoms. The van der Waals surface area contributed by atoms with Crippen LogP contribution in [-0.4, -0.2) is 29.8 Å². The Bertz CT molecular complexity index is 753. The van der Waals surface area contributed by atoms with Crippen molar-refractivity contribution in [3.63, 3.8) is 0 Å². The van der Waals surface area contributed by atoms with Gasteiger partial charge in [-0.15, -0.1) is 0 Å². The summed E-state index contributed by atoms with van der Waals surface area (Å²) in [6, 6.07) is 0. The third kappa shape index (κ3) is 2.06.